The van der Waals surface area contributed by atoms with E-state index < -0.39 is 30.3 Å². The standard InChI is InChI=1S/C12H19NO5S2/c14-10(13-9(12(17)18)7-11(15)16)4-2-1-3-8-5-6-19-20-8/h8-9H,1-7H2,(H,13,14)(H,15,16)(H,17,18). The number of hydrogen-bond donors (Lipinski definition) is 3. The fourth-order valence-electron chi connectivity index (χ4n) is 1.86. The lowest BCUT2D eigenvalue weighted by Crippen LogP contribution is -2.42. The van der Waals surface area contributed by atoms with Crippen molar-refractivity contribution in [2.75, 3.05) is 5.75 Å². The molecule has 1 heterocycles. The SMILES string of the molecule is O=C(O)CC(NC(=O)CCCCC1CCSS1)C(=O)O. The second kappa shape index (κ2) is 9.12. The predicted molar refractivity (Wildman–Crippen MR) is 78.7 cm³/mol. The summed E-state index contributed by atoms with van der Waals surface area (Å²) in [6, 6.07) is -1.35. The van der Waals surface area contributed by atoms with Crippen LogP contribution in [0.2, 0.25) is 0 Å². The number of carboxylic acid groups (broad SMARTS) is 2. The first-order valence-electron chi connectivity index (χ1n) is 6.51. The number of unbranched alkanes of at least 4 members (excludes halogenated alkanes) is 1. The van der Waals surface area contributed by atoms with E-state index in [-0.39, 0.29) is 6.42 Å². The minimum atomic E-state index is -1.35. The number of nitrogens with one attached hydrogen (secondary N) is 1. The molecule has 1 aliphatic rings. The van der Waals surface area contributed by atoms with Crippen molar-refractivity contribution >= 4 is 39.4 Å². The molecule has 0 aliphatic carbocycles. The first-order chi connectivity index (χ1) is 9.49. The number of carbonyl (C=O) groups excluding carboxylic acids is 1. The van der Waals surface area contributed by atoms with Crippen molar-refractivity contribution in [3.63, 3.8) is 0 Å². The van der Waals surface area contributed by atoms with Gasteiger partial charge < -0.3 is 15.5 Å². The molecule has 0 bridgehead atoms. The summed E-state index contributed by atoms with van der Waals surface area (Å²) in [6.07, 6.45) is 3.56. The number of hydrogen-bond acceptors (Lipinski definition) is 5. The highest BCUT2D eigenvalue weighted by molar-refractivity contribution is 8.77. The molecule has 114 valence electrons. The first-order valence-corrected chi connectivity index (χ1v) is 8.89. The van der Waals surface area contributed by atoms with Crippen LogP contribution in [0, 0.1) is 0 Å². The Kier molecular flexibility index (Phi) is 7.83. The van der Waals surface area contributed by atoms with Gasteiger partial charge in [0.25, 0.3) is 0 Å². The number of carbonyl (C=O) groups is 3. The van der Waals surface area contributed by atoms with Crippen LogP contribution in [-0.4, -0.2) is 45.1 Å². The second-order valence-electron chi connectivity index (χ2n) is 4.63. The Balaban J connectivity index is 2.17. The highest BCUT2D eigenvalue weighted by Gasteiger charge is 2.22. The smallest absolute Gasteiger partial charge is 0.326 e. The third-order valence-corrected chi connectivity index (χ3v) is 5.93. The minimum Gasteiger partial charge on any atom is -0.481 e. The molecule has 0 radical (unpaired) electrons. The normalized spacial score (nSPS) is 19.5. The van der Waals surface area contributed by atoms with E-state index in [2.05, 4.69) is 5.32 Å². The van der Waals surface area contributed by atoms with E-state index in [1.165, 1.54) is 12.2 Å². The molecule has 2 unspecified atom stereocenters. The molecule has 0 aromatic rings. The van der Waals surface area contributed by atoms with E-state index in [1.54, 1.807) is 0 Å². The molecule has 8 heteroatoms. The molecule has 0 saturated carbocycles. The van der Waals surface area contributed by atoms with Gasteiger partial charge in [0.05, 0.1) is 6.42 Å². The molecule has 6 nitrogen and oxygen atoms in total. The first kappa shape index (κ1) is 17.2. The van der Waals surface area contributed by atoms with Gasteiger partial charge in [0.1, 0.15) is 6.04 Å². The predicted octanol–water partition coefficient (Wildman–Crippen LogP) is 1.74. The quantitative estimate of drug-likeness (QED) is 0.439. The van der Waals surface area contributed by atoms with E-state index >= 15 is 0 Å². The maximum atomic E-state index is 11.6. The average Bonchev–Trinajstić information content (AvgIpc) is 2.86. The van der Waals surface area contributed by atoms with Crippen molar-refractivity contribution in [3.8, 4) is 0 Å². The summed E-state index contributed by atoms with van der Waals surface area (Å²) in [5.41, 5.74) is 0. The molecule has 20 heavy (non-hydrogen) atoms. The Morgan fingerprint density at radius 2 is 2.00 bits per heavy atom. The molecule has 1 saturated heterocycles. The molecule has 3 N–H and O–H groups in total. The van der Waals surface area contributed by atoms with Crippen LogP contribution in [0.1, 0.15) is 38.5 Å². The van der Waals surface area contributed by atoms with Crippen LogP contribution >= 0.6 is 21.6 Å². The lowest BCUT2D eigenvalue weighted by atomic mass is 10.1. The van der Waals surface area contributed by atoms with Gasteiger partial charge >= 0.3 is 11.9 Å². The summed E-state index contributed by atoms with van der Waals surface area (Å²) in [6.45, 7) is 0. The van der Waals surface area contributed by atoms with Crippen LogP contribution in [-0.2, 0) is 14.4 Å². The van der Waals surface area contributed by atoms with Crippen molar-refractivity contribution < 1.29 is 24.6 Å². The molecule has 1 amide bonds. The molecule has 0 aromatic carbocycles. The molecule has 0 aromatic heterocycles. The van der Waals surface area contributed by atoms with Gasteiger partial charge in [-0.1, -0.05) is 28.0 Å². The van der Waals surface area contributed by atoms with Crippen LogP contribution < -0.4 is 5.32 Å². The monoisotopic (exact) mass is 321 g/mol. The van der Waals surface area contributed by atoms with E-state index in [4.69, 9.17) is 10.2 Å². The van der Waals surface area contributed by atoms with Crippen LogP contribution in [0.3, 0.4) is 0 Å². The fraction of sp³-hybridized carbons (Fsp3) is 0.750. The third kappa shape index (κ3) is 7.04. The highest BCUT2D eigenvalue weighted by Crippen LogP contribution is 2.39. The zero-order valence-corrected chi connectivity index (χ0v) is 12.7. The number of rotatable bonds is 9. The van der Waals surface area contributed by atoms with Crippen molar-refractivity contribution in [3.05, 3.63) is 0 Å². The summed E-state index contributed by atoms with van der Waals surface area (Å²) < 4.78 is 0. The zero-order chi connectivity index (χ0) is 15.0. The van der Waals surface area contributed by atoms with Crippen LogP contribution in [0.15, 0.2) is 0 Å². The van der Waals surface area contributed by atoms with Crippen molar-refractivity contribution in [1.29, 1.82) is 0 Å². The summed E-state index contributed by atoms with van der Waals surface area (Å²) in [7, 11) is 3.78. The number of amides is 1. The molecule has 0 spiro atoms. The van der Waals surface area contributed by atoms with Gasteiger partial charge in [-0.05, 0) is 19.3 Å². The van der Waals surface area contributed by atoms with Gasteiger partial charge in [0.2, 0.25) is 5.91 Å². The van der Waals surface area contributed by atoms with Crippen molar-refractivity contribution in [2.45, 2.75) is 49.8 Å². The average molecular weight is 321 g/mol. The molecule has 1 rings (SSSR count). The summed E-state index contributed by atoms with van der Waals surface area (Å²) in [5.74, 6) is -1.77. The van der Waals surface area contributed by atoms with Gasteiger partial charge in [0.15, 0.2) is 0 Å². The lowest BCUT2D eigenvalue weighted by molar-refractivity contribution is -0.147. The summed E-state index contributed by atoms with van der Waals surface area (Å²) in [4.78, 5) is 32.8. The van der Waals surface area contributed by atoms with Gasteiger partial charge in [-0.15, -0.1) is 0 Å². The van der Waals surface area contributed by atoms with Gasteiger partial charge in [-0.25, -0.2) is 4.79 Å². The fourth-order valence-corrected chi connectivity index (χ4v) is 4.89. The number of aliphatic carboxylic acids is 2. The van der Waals surface area contributed by atoms with Crippen molar-refractivity contribution in [1.82, 2.24) is 5.32 Å². The Labute approximate surface area is 125 Å². The largest absolute Gasteiger partial charge is 0.481 e. The lowest BCUT2D eigenvalue weighted by Gasteiger charge is -2.12. The topological polar surface area (TPSA) is 104 Å². The van der Waals surface area contributed by atoms with Crippen molar-refractivity contribution in [2.24, 2.45) is 0 Å². The van der Waals surface area contributed by atoms with E-state index in [9.17, 15) is 14.4 Å². The Bertz CT molecular complexity index is 358. The maximum Gasteiger partial charge on any atom is 0.326 e. The molecule has 1 aliphatic heterocycles. The molecule has 1 fully saturated rings. The Hall–Kier alpha value is -0.890. The van der Waals surface area contributed by atoms with E-state index in [1.807, 2.05) is 21.6 Å². The second-order valence-corrected chi connectivity index (χ2v) is 7.42. The van der Waals surface area contributed by atoms with E-state index in [0.29, 0.717) is 11.7 Å². The Morgan fingerprint density at radius 1 is 1.25 bits per heavy atom. The molecular weight excluding hydrogens is 302 g/mol. The highest BCUT2D eigenvalue weighted by atomic mass is 33.1. The molecule has 2 atom stereocenters. The number of carboxylic acids is 2. The van der Waals surface area contributed by atoms with Crippen LogP contribution in [0.5, 0.6) is 0 Å². The van der Waals surface area contributed by atoms with Gasteiger partial charge in [-0.3, -0.25) is 9.59 Å². The third-order valence-electron chi connectivity index (χ3n) is 2.92. The van der Waals surface area contributed by atoms with Crippen LogP contribution in [0.25, 0.3) is 0 Å². The summed E-state index contributed by atoms with van der Waals surface area (Å²) >= 11 is 0. The Morgan fingerprint density at radius 3 is 2.55 bits per heavy atom. The van der Waals surface area contributed by atoms with E-state index in [0.717, 1.165) is 12.8 Å². The minimum absolute atomic E-state index is 0.244. The van der Waals surface area contributed by atoms with Gasteiger partial charge in [0, 0.05) is 17.4 Å². The molecular formula is C12H19NO5S2. The van der Waals surface area contributed by atoms with Crippen LogP contribution in [0.4, 0.5) is 0 Å². The zero-order valence-electron chi connectivity index (χ0n) is 11.0. The van der Waals surface area contributed by atoms with Gasteiger partial charge in [-0.2, -0.15) is 0 Å². The maximum absolute atomic E-state index is 11.6. The summed E-state index contributed by atoms with van der Waals surface area (Å²) in [5, 5.41) is 20.3.